The summed E-state index contributed by atoms with van der Waals surface area (Å²) in [7, 11) is 0. The van der Waals surface area contributed by atoms with Crippen LogP contribution in [0.25, 0.3) is 10.8 Å². The molecule has 0 saturated carbocycles. The molecule has 0 heterocycles. The monoisotopic (exact) mass is 211 g/mol. The summed E-state index contributed by atoms with van der Waals surface area (Å²) < 4.78 is 4.79. The van der Waals surface area contributed by atoms with E-state index in [1.165, 1.54) is 0 Å². The summed E-state index contributed by atoms with van der Waals surface area (Å²) in [5, 5.41) is 10.2. The first kappa shape index (κ1) is 10.2. The Morgan fingerprint density at radius 2 is 1.94 bits per heavy atom. The minimum absolute atomic E-state index is 0.220. The molecule has 0 spiro atoms. The van der Waals surface area contributed by atoms with Gasteiger partial charge in [0.1, 0.15) is 6.07 Å². The maximum absolute atomic E-state index is 11.6. The first-order chi connectivity index (χ1) is 7.83. The maximum Gasteiger partial charge on any atom is 0.339 e. The number of ether oxygens (including phenoxy) is 1. The number of benzene rings is 2. The van der Waals surface area contributed by atoms with Gasteiger partial charge in [0, 0.05) is 0 Å². The molecule has 0 aliphatic carbocycles. The SMILES string of the molecule is N#CCOC(=O)c1cccc2ccccc12. The zero-order valence-electron chi connectivity index (χ0n) is 8.51. The summed E-state index contributed by atoms with van der Waals surface area (Å²) in [6.07, 6.45) is 0. The summed E-state index contributed by atoms with van der Waals surface area (Å²) >= 11 is 0. The van der Waals surface area contributed by atoms with Crippen LogP contribution in [0.5, 0.6) is 0 Å². The molecule has 0 unspecified atom stereocenters. The molecule has 0 saturated heterocycles. The number of nitrogens with zero attached hydrogens (tertiary/aromatic N) is 1. The summed E-state index contributed by atoms with van der Waals surface area (Å²) in [4.78, 5) is 11.6. The zero-order chi connectivity index (χ0) is 11.4. The smallest absolute Gasteiger partial charge is 0.339 e. The third-order valence-corrected chi connectivity index (χ3v) is 2.28. The number of nitriles is 1. The molecular weight excluding hydrogens is 202 g/mol. The van der Waals surface area contributed by atoms with E-state index in [2.05, 4.69) is 0 Å². The van der Waals surface area contributed by atoms with Crippen molar-refractivity contribution in [3.63, 3.8) is 0 Å². The highest BCUT2D eigenvalue weighted by molar-refractivity contribution is 6.04. The number of hydrogen-bond acceptors (Lipinski definition) is 3. The molecular formula is C13H9NO2. The van der Waals surface area contributed by atoms with Gasteiger partial charge in [-0.15, -0.1) is 0 Å². The van der Waals surface area contributed by atoms with Crippen molar-refractivity contribution >= 4 is 16.7 Å². The van der Waals surface area contributed by atoms with E-state index in [4.69, 9.17) is 10.00 Å². The molecule has 2 aromatic carbocycles. The highest BCUT2D eigenvalue weighted by Crippen LogP contribution is 2.18. The molecule has 0 bridgehead atoms. The predicted molar refractivity (Wildman–Crippen MR) is 59.8 cm³/mol. The number of rotatable bonds is 2. The lowest BCUT2D eigenvalue weighted by Crippen LogP contribution is -2.05. The van der Waals surface area contributed by atoms with Gasteiger partial charge in [0.15, 0.2) is 6.61 Å². The molecule has 3 nitrogen and oxygen atoms in total. The van der Waals surface area contributed by atoms with Crippen LogP contribution in [-0.4, -0.2) is 12.6 Å². The minimum Gasteiger partial charge on any atom is -0.447 e. The Morgan fingerprint density at radius 3 is 2.75 bits per heavy atom. The quantitative estimate of drug-likeness (QED) is 0.717. The molecule has 2 aromatic rings. The van der Waals surface area contributed by atoms with E-state index >= 15 is 0 Å². The molecule has 0 radical (unpaired) electrons. The van der Waals surface area contributed by atoms with Crippen LogP contribution in [0.2, 0.25) is 0 Å². The zero-order valence-corrected chi connectivity index (χ0v) is 8.51. The predicted octanol–water partition coefficient (Wildman–Crippen LogP) is 2.52. The van der Waals surface area contributed by atoms with Crippen LogP contribution in [0.15, 0.2) is 42.5 Å². The van der Waals surface area contributed by atoms with E-state index in [1.54, 1.807) is 18.2 Å². The largest absolute Gasteiger partial charge is 0.447 e. The van der Waals surface area contributed by atoms with Crippen molar-refractivity contribution in [2.45, 2.75) is 0 Å². The van der Waals surface area contributed by atoms with Crippen molar-refractivity contribution in [1.29, 1.82) is 5.26 Å². The normalized spacial score (nSPS) is 9.69. The maximum atomic E-state index is 11.6. The average molecular weight is 211 g/mol. The molecule has 0 amide bonds. The fourth-order valence-corrected chi connectivity index (χ4v) is 1.58. The second-order valence-electron chi connectivity index (χ2n) is 3.26. The molecule has 2 rings (SSSR count). The number of carbonyl (C=O) groups excluding carboxylic acids is 1. The Hall–Kier alpha value is -2.34. The van der Waals surface area contributed by atoms with Gasteiger partial charge in [0.05, 0.1) is 5.56 Å². The van der Waals surface area contributed by atoms with Crippen LogP contribution in [0.1, 0.15) is 10.4 Å². The lowest BCUT2D eigenvalue weighted by Gasteiger charge is -2.04. The van der Waals surface area contributed by atoms with E-state index < -0.39 is 5.97 Å². The highest BCUT2D eigenvalue weighted by Gasteiger charge is 2.10. The van der Waals surface area contributed by atoms with Crippen molar-refractivity contribution in [1.82, 2.24) is 0 Å². The van der Waals surface area contributed by atoms with Gasteiger partial charge in [-0.3, -0.25) is 0 Å². The Labute approximate surface area is 92.9 Å². The molecule has 0 aliphatic heterocycles. The van der Waals surface area contributed by atoms with Gasteiger partial charge < -0.3 is 4.74 Å². The molecule has 0 aliphatic rings. The standard InChI is InChI=1S/C13H9NO2/c14-8-9-16-13(15)12-7-3-5-10-4-1-2-6-11(10)12/h1-7H,9H2. The second kappa shape index (κ2) is 4.45. The van der Waals surface area contributed by atoms with Crippen LogP contribution >= 0.6 is 0 Å². The van der Waals surface area contributed by atoms with Crippen LogP contribution in [-0.2, 0) is 4.74 Å². The van der Waals surface area contributed by atoms with Gasteiger partial charge in [0.2, 0.25) is 0 Å². The summed E-state index contributed by atoms with van der Waals surface area (Å²) in [5.74, 6) is -0.460. The van der Waals surface area contributed by atoms with Crippen molar-refractivity contribution < 1.29 is 9.53 Å². The molecule has 16 heavy (non-hydrogen) atoms. The van der Waals surface area contributed by atoms with Gasteiger partial charge in [-0.25, -0.2) is 4.79 Å². The van der Waals surface area contributed by atoms with Crippen LogP contribution < -0.4 is 0 Å². The van der Waals surface area contributed by atoms with Gasteiger partial charge in [-0.05, 0) is 16.8 Å². The van der Waals surface area contributed by atoms with E-state index in [1.807, 2.05) is 30.3 Å². The van der Waals surface area contributed by atoms with E-state index in [0.717, 1.165) is 10.8 Å². The molecule has 0 aromatic heterocycles. The lowest BCUT2D eigenvalue weighted by atomic mass is 10.1. The van der Waals surface area contributed by atoms with E-state index in [0.29, 0.717) is 5.56 Å². The van der Waals surface area contributed by atoms with Crippen LogP contribution in [0, 0.1) is 11.3 Å². The minimum atomic E-state index is -0.460. The molecule has 0 fully saturated rings. The van der Waals surface area contributed by atoms with Crippen molar-refractivity contribution in [3.8, 4) is 6.07 Å². The van der Waals surface area contributed by atoms with Crippen molar-refractivity contribution in [2.75, 3.05) is 6.61 Å². The Morgan fingerprint density at radius 1 is 1.19 bits per heavy atom. The first-order valence-corrected chi connectivity index (χ1v) is 4.85. The van der Waals surface area contributed by atoms with Crippen molar-refractivity contribution in [3.05, 3.63) is 48.0 Å². The first-order valence-electron chi connectivity index (χ1n) is 4.85. The van der Waals surface area contributed by atoms with Gasteiger partial charge in [-0.1, -0.05) is 36.4 Å². The summed E-state index contributed by atoms with van der Waals surface area (Å²) in [6, 6.07) is 14.8. The lowest BCUT2D eigenvalue weighted by molar-refractivity contribution is 0.0557. The Kier molecular flexibility index (Phi) is 2.84. The van der Waals surface area contributed by atoms with Crippen molar-refractivity contribution in [2.24, 2.45) is 0 Å². The topological polar surface area (TPSA) is 50.1 Å². The van der Waals surface area contributed by atoms with Crippen LogP contribution in [0.4, 0.5) is 0 Å². The molecule has 3 heteroatoms. The average Bonchev–Trinajstić information content (AvgIpc) is 2.35. The fraction of sp³-hybridized carbons (Fsp3) is 0.0769. The van der Waals surface area contributed by atoms with E-state index in [-0.39, 0.29) is 6.61 Å². The Bertz CT molecular complexity index is 564. The third kappa shape index (κ3) is 1.86. The Balaban J connectivity index is 2.45. The number of hydrogen-bond donors (Lipinski definition) is 0. The highest BCUT2D eigenvalue weighted by atomic mass is 16.5. The third-order valence-electron chi connectivity index (χ3n) is 2.28. The number of fused-ring (bicyclic) bond motifs is 1. The van der Waals surface area contributed by atoms with Gasteiger partial charge in [0.25, 0.3) is 0 Å². The molecule has 0 N–H and O–H groups in total. The second-order valence-corrected chi connectivity index (χ2v) is 3.26. The summed E-state index contributed by atoms with van der Waals surface area (Å²) in [6.45, 7) is -0.220. The number of esters is 1. The molecule has 78 valence electrons. The summed E-state index contributed by atoms with van der Waals surface area (Å²) in [5.41, 5.74) is 0.494. The van der Waals surface area contributed by atoms with E-state index in [9.17, 15) is 4.79 Å². The fourth-order valence-electron chi connectivity index (χ4n) is 1.58. The van der Waals surface area contributed by atoms with Gasteiger partial charge in [-0.2, -0.15) is 5.26 Å². The van der Waals surface area contributed by atoms with Gasteiger partial charge >= 0.3 is 5.97 Å². The van der Waals surface area contributed by atoms with Crippen LogP contribution in [0.3, 0.4) is 0 Å². The molecule has 0 atom stereocenters. The number of carbonyl (C=O) groups is 1.